The normalized spacial score (nSPS) is 24.8. The fourth-order valence-corrected chi connectivity index (χ4v) is 3.87. The number of likely N-dealkylation sites (tertiary alicyclic amines) is 1. The highest BCUT2D eigenvalue weighted by molar-refractivity contribution is 5.57. The lowest BCUT2D eigenvalue weighted by atomic mass is 9.95. The Labute approximate surface area is 152 Å². The van der Waals surface area contributed by atoms with Crippen molar-refractivity contribution < 1.29 is 9.84 Å². The maximum absolute atomic E-state index is 12.5. The number of aliphatic hydroxyl groups is 1. The first-order valence-electron chi connectivity index (χ1n) is 9.17. The number of piperidine rings is 1. The largest absolute Gasteiger partial charge is 0.389 e. The number of nitrogens with zero attached hydrogens (tertiary/aromatic N) is 4. The average Bonchev–Trinajstić information content (AvgIpc) is 3.11. The molecular weight excluding hydrogens is 332 g/mol. The number of aromatic nitrogens is 3. The summed E-state index contributed by atoms with van der Waals surface area (Å²) in [7, 11) is 0. The van der Waals surface area contributed by atoms with Gasteiger partial charge in [0.1, 0.15) is 0 Å². The Morgan fingerprint density at radius 3 is 2.62 bits per heavy atom. The van der Waals surface area contributed by atoms with Gasteiger partial charge in [-0.1, -0.05) is 0 Å². The molecule has 0 saturated carbocycles. The van der Waals surface area contributed by atoms with Gasteiger partial charge < -0.3 is 9.84 Å². The highest BCUT2D eigenvalue weighted by Crippen LogP contribution is 2.23. The smallest absolute Gasteiger partial charge is 0.253 e. The van der Waals surface area contributed by atoms with E-state index in [-0.39, 0.29) is 17.7 Å². The Morgan fingerprint density at radius 1 is 1.19 bits per heavy atom. The van der Waals surface area contributed by atoms with Gasteiger partial charge in [0.2, 0.25) is 0 Å². The number of ether oxygens (including phenoxy) is 1. The quantitative estimate of drug-likeness (QED) is 0.872. The maximum atomic E-state index is 12.5. The minimum absolute atomic E-state index is 0.0196. The number of rotatable bonds is 4. The molecule has 138 valence electrons. The van der Waals surface area contributed by atoms with E-state index in [4.69, 9.17) is 4.74 Å². The first kappa shape index (κ1) is 17.3. The molecule has 4 heterocycles. The topological polar surface area (TPSA) is 80.5 Å². The molecule has 2 fully saturated rings. The van der Waals surface area contributed by atoms with E-state index in [1.165, 1.54) is 0 Å². The van der Waals surface area contributed by atoms with Crippen molar-refractivity contribution in [3.05, 3.63) is 47.3 Å². The van der Waals surface area contributed by atoms with Crippen molar-refractivity contribution in [3.63, 3.8) is 0 Å². The Morgan fingerprint density at radius 2 is 1.96 bits per heavy atom. The molecule has 1 N–H and O–H groups in total. The Bertz CT molecular complexity index is 787. The van der Waals surface area contributed by atoms with Crippen molar-refractivity contribution in [3.8, 4) is 11.3 Å². The molecule has 4 rings (SSSR count). The van der Waals surface area contributed by atoms with Crippen LogP contribution >= 0.6 is 0 Å². The van der Waals surface area contributed by atoms with Crippen LogP contribution in [0, 0.1) is 5.92 Å². The van der Waals surface area contributed by atoms with Crippen LogP contribution in [0.15, 0.2) is 41.7 Å². The predicted octanol–water partition coefficient (Wildman–Crippen LogP) is 0.777. The van der Waals surface area contributed by atoms with Gasteiger partial charge >= 0.3 is 0 Å². The van der Waals surface area contributed by atoms with E-state index in [0.29, 0.717) is 31.4 Å². The summed E-state index contributed by atoms with van der Waals surface area (Å²) >= 11 is 0. The molecule has 2 aliphatic rings. The standard InChI is InChI=1S/C19H24N4O3/c24-18-12-26-11-17(18)22-7-3-14(4-8-22)10-23-13-21-16(9-19(23)25)15-1-5-20-6-2-15/h1-2,5-6,9,13-14,17-18,24H,3-4,7-8,10-12H2. The summed E-state index contributed by atoms with van der Waals surface area (Å²) in [6.07, 6.45) is 6.70. The number of aliphatic hydroxyl groups excluding tert-OH is 1. The summed E-state index contributed by atoms with van der Waals surface area (Å²) in [5.74, 6) is 0.456. The highest BCUT2D eigenvalue weighted by atomic mass is 16.5. The minimum atomic E-state index is -0.376. The van der Waals surface area contributed by atoms with Crippen molar-refractivity contribution in [2.45, 2.75) is 31.5 Å². The highest BCUT2D eigenvalue weighted by Gasteiger charge is 2.33. The van der Waals surface area contributed by atoms with Gasteiger partial charge in [0, 0.05) is 30.6 Å². The van der Waals surface area contributed by atoms with E-state index in [9.17, 15) is 9.90 Å². The van der Waals surface area contributed by atoms with Crippen molar-refractivity contribution >= 4 is 0 Å². The van der Waals surface area contributed by atoms with Crippen molar-refractivity contribution in [2.24, 2.45) is 5.92 Å². The molecule has 2 aromatic rings. The van der Waals surface area contributed by atoms with Gasteiger partial charge in [-0.15, -0.1) is 0 Å². The molecule has 0 amide bonds. The Balaban J connectivity index is 1.37. The maximum Gasteiger partial charge on any atom is 0.253 e. The summed E-state index contributed by atoms with van der Waals surface area (Å²) in [4.78, 5) is 23.2. The average molecular weight is 356 g/mol. The summed E-state index contributed by atoms with van der Waals surface area (Å²) < 4.78 is 7.07. The summed E-state index contributed by atoms with van der Waals surface area (Å²) in [6.45, 7) is 3.63. The van der Waals surface area contributed by atoms with Crippen LogP contribution in [0.2, 0.25) is 0 Å². The lowest BCUT2D eigenvalue weighted by Gasteiger charge is -2.36. The van der Waals surface area contributed by atoms with Crippen LogP contribution in [0.5, 0.6) is 0 Å². The van der Waals surface area contributed by atoms with Gasteiger partial charge in [0.25, 0.3) is 5.56 Å². The second kappa shape index (κ2) is 7.65. The number of hydrogen-bond acceptors (Lipinski definition) is 6. The van der Waals surface area contributed by atoms with Crippen LogP contribution in [-0.2, 0) is 11.3 Å². The molecule has 0 aliphatic carbocycles. The Kier molecular flexibility index (Phi) is 5.10. The molecule has 0 bridgehead atoms. The third-order valence-corrected chi connectivity index (χ3v) is 5.45. The molecule has 2 aromatic heterocycles. The van der Waals surface area contributed by atoms with E-state index in [2.05, 4.69) is 14.9 Å². The van der Waals surface area contributed by atoms with Crippen molar-refractivity contribution in [1.29, 1.82) is 0 Å². The first-order chi connectivity index (χ1) is 12.7. The third kappa shape index (κ3) is 3.70. The lowest BCUT2D eigenvalue weighted by molar-refractivity contribution is 0.0562. The molecule has 7 heteroatoms. The molecular formula is C19H24N4O3. The Hall–Kier alpha value is -2.09. The lowest BCUT2D eigenvalue weighted by Crippen LogP contribution is -2.47. The van der Waals surface area contributed by atoms with E-state index in [1.807, 2.05) is 12.1 Å². The molecule has 26 heavy (non-hydrogen) atoms. The van der Waals surface area contributed by atoms with E-state index < -0.39 is 0 Å². The van der Waals surface area contributed by atoms with Crippen LogP contribution in [-0.4, -0.2) is 63.0 Å². The van der Waals surface area contributed by atoms with Gasteiger partial charge in [-0.25, -0.2) is 4.98 Å². The molecule has 2 unspecified atom stereocenters. The van der Waals surface area contributed by atoms with Crippen LogP contribution in [0.25, 0.3) is 11.3 Å². The van der Waals surface area contributed by atoms with Gasteiger partial charge in [-0.2, -0.15) is 0 Å². The van der Waals surface area contributed by atoms with Gasteiger partial charge in [0.05, 0.1) is 37.4 Å². The zero-order chi connectivity index (χ0) is 17.9. The summed E-state index contributed by atoms with van der Waals surface area (Å²) in [5.41, 5.74) is 1.56. The van der Waals surface area contributed by atoms with Crippen molar-refractivity contribution in [1.82, 2.24) is 19.4 Å². The van der Waals surface area contributed by atoms with E-state index >= 15 is 0 Å². The number of pyridine rings is 1. The molecule has 0 spiro atoms. The van der Waals surface area contributed by atoms with Crippen LogP contribution in [0.4, 0.5) is 0 Å². The van der Waals surface area contributed by atoms with Crippen LogP contribution in [0.3, 0.4) is 0 Å². The zero-order valence-corrected chi connectivity index (χ0v) is 14.7. The second-order valence-corrected chi connectivity index (χ2v) is 7.15. The third-order valence-electron chi connectivity index (χ3n) is 5.45. The van der Waals surface area contributed by atoms with Crippen molar-refractivity contribution in [2.75, 3.05) is 26.3 Å². The molecule has 0 aromatic carbocycles. The van der Waals surface area contributed by atoms with Gasteiger partial charge in [-0.3, -0.25) is 19.2 Å². The van der Waals surface area contributed by atoms with Crippen LogP contribution in [0.1, 0.15) is 12.8 Å². The zero-order valence-electron chi connectivity index (χ0n) is 14.7. The fourth-order valence-electron chi connectivity index (χ4n) is 3.87. The van der Waals surface area contributed by atoms with Crippen LogP contribution < -0.4 is 5.56 Å². The van der Waals surface area contributed by atoms with E-state index in [0.717, 1.165) is 31.5 Å². The SMILES string of the molecule is O=c1cc(-c2ccncc2)ncn1CC1CCN(C2COCC2O)CC1. The molecule has 2 saturated heterocycles. The fraction of sp³-hybridized carbons (Fsp3) is 0.526. The molecule has 2 aliphatic heterocycles. The summed E-state index contributed by atoms with van der Waals surface area (Å²) in [6, 6.07) is 5.42. The second-order valence-electron chi connectivity index (χ2n) is 7.15. The predicted molar refractivity (Wildman–Crippen MR) is 96.6 cm³/mol. The van der Waals surface area contributed by atoms with Gasteiger partial charge in [0.15, 0.2) is 0 Å². The molecule has 2 atom stereocenters. The monoisotopic (exact) mass is 356 g/mol. The van der Waals surface area contributed by atoms with Gasteiger partial charge in [-0.05, 0) is 44.0 Å². The summed E-state index contributed by atoms with van der Waals surface area (Å²) in [5, 5.41) is 9.97. The number of hydrogen-bond donors (Lipinski definition) is 1. The molecule has 7 nitrogen and oxygen atoms in total. The first-order valence-corrected chi connectivity index (χ1v) is 9.17. The van der Waals surface area contributed by atoms with E-state index in [1.54, 1.807) is 29.4 Å². The minimum Gasteiger partial charge on any atom is -0.389 e. The molecule has 0 radical (unpaired) electrons.